The van der Waals surface area contributed by atoms with Gasteiger partial charge in [-0.05, 0) is 12.1 Å². The van der Waals surface area contributed by atoms with Crippen LogP contribution in [0, 0.1) is 31.6 Å². The zero-order valence-electron chi connectivity index (χ0n) is 11.3. The van der Waals surface area contributed by atoms with E-state index in [4.69, 9.17) is 5.26 Å². The van der Waals surface area contributed by atoms with E-state index in [1.165, 1.54) is 18.3 Å². The number of nitrogens with zero attached hydrogens (tertiary/aromatic N) is 4. The first-order valence-corrected chi connectivity index (χ1v) is 6.08. The number of aromatic nitrogens is 1. The van der Waals surface area contributed by atoms with Gasteiger partial charge in [0.2, 0.25) is 0 Å². The number of carbonyl (C=O) groups is 1. The average molecular weight is 316 g/mol. The minimum absolute atomic E-state index is 0.0503. The van der Waals surface area contributed by atoms with Gasteiger partial charge in [-0.3, -0.25) is 40.9 Å². The molecule has 0 aliphatic rings. The molecule has 23 heavy (non-hydrogen) atoms. The number of non-ortho nitro benzene ring substituents is 1. The Morgan fingerprint density at radius 1 is 1.30 bits per heavy atom. The minimum Gasteiger partial charge on any atom is -0.290 e. The van der Waals surface area contributed by atoms with E-state index in [2.05, 4.69) is 15.8 Å². The second-order valence-electron chi connectivity index (χ2n) is 4.21. The van der Waals surface area contributed by atoms with Crippen LogP contribution < -0.4 is 10.9 Å². The third kappa shape index (κ3) is 3.10. The van der Waals surface area contributed by atoms with Crippen molar-refractivity contribution in [1.29, 1.82) is 5.26 Å². The number of anilines is 1. The standard InChI is InChI=1S/C12H8N6O5/c13-4-3-10(19)15-16-12-9(18(22)23)6-8(17(20)21)7-2-1-5-14-11(7)12/h1-2,5-6,16H,3H2,(H,15,19). The van der Waals surface area contributed by atoms with Crippen LogP contribution in [0.1, 0.15) is 6.42 Å². The number of hydrogen-bond acceptors (Lipinski definition) is 8. The highest BCUT2D eigenvalue weighted by Crippen LogP contribution is 2.37. The maximum atomic E-state index is 11.3. The van der Waals surface area contributed by atoms with E-state index in [0.717, 1.165) is 6.07 Å². The summed E-state index contributed by atoms with van der Waals surface area (Å²) in [6.45, 7) is 0. The Labute approximate surface area is 127 Å². The van der Waals surface area contributed by atoms with Crippen molar-refractivity contribution < 1.29 is 14.6 Å². The number of nitro groups is 2. The van der Waals surface area contributed by atoms with Crippen molar-refractivity contribution in [3.05, 3.63) is 44.6 Å². The molecular formula is C12H8N6O5. The normalized spacial score (nSPS) is 9.87. The molecule has 11 heteroatoms. The lowest BCUT2D eigenvalue weighted by Gasteiger charge is -2.10. The summed E-state index contributed by atoms with van der Waals surface area (Å²) in [4.78, 5) is 35.9. The summed E-state index contributed by atoms with van der Waals surface area (Å²) in [7, 11) is 0. The van der Waals surface area contributed by atoms with E-state index in [1.54, 1.807) is 6.07 Å². The highest BCUT2D eigenvalue weighted by Gasteiger charge is 2.26. The second kappa shape index (κ2) is 6.31. The molecule has 0 aliphatic carbocycles. The molecule has 0 saturated carbocycles. The van der Waals surface area contributed by atoms with Crippen molar-refractivity contribution in [2.24, 2.45) is 0 Å². The summed E-state index contributed by atoms with van der Waals surface area (Å²) in [6, 6.07) is 5.22. The third-order valence-electron chi connectivity index (χ3n) is 2.81. The van der Waals surface area contributed by atoms with Crippen molar-refractivity contribution >= 4 is 33.9 Å². The van der Waals surface area contributed by atoms with Crippen LogP contribution in [0.3, 0.4) is 0 Å². The Bertz CT molecular complexity index is 859. The Morgan fingerprint density at radius 3 is 2.61 bits per heavy atom. The van der Waals surface area contributed by atoms with Gasteiger partial charge in [0.25, 0.3) is 11.6 Å². The highest BCUT2D eigenvalue weighted by atomic mass is 16.6. The molecule has 0 aliphatic heterocycles. The van der Waals surface area contributed by atoms with Crippen LogP contribution in [-0.4, -0.2) is 20.7 Å². The van der Waals surface area contributed by atoms with Crippen molar-refractivity contribution in [2.45, 2.75) is 6.42 Å². The van der Waals surface area contributed by atoms with Gasteiger partial charge in [0.15, 0.2) is 5.69 Å². The monoisotopic (exact) mass is 316 g/mol. The summed E-state index contributed by atoms with van der Waals surface area (Å²) < 4.78 is 0. The lowest BCUT2D eigenvalue weighted by Crippen LogP contribution is -2.29. The molecule has 1 amide bonds. The Morgan fingerprint density at radius 2 is 2.00 bits per heavy atom. The van der Waals surface area contributed by atoms with Crippen molar-refractivity contribution in [3.8, 4) is 6.07 Å². The maximum absolute atomic E-state index is 11.3. The molecule has 2 aromatic rings. The summed E-state index contributed by atoms with van der Waals surface area (Å²) in [5.41, 5.74) is 3.06. The van der Waals surface area contributed by atoms with E-state index in [1.807, 2.05) is 0 Å². The van der Waals surface area contributed by atoms with Gasteiger partial charge < -0.3 is 0 Å². The van der Waals surface area contributed by atoms with Gasteiger partial charge in [0, 0.05) is 6.20 Å². The van der Waals surface area contributed by atoms with E-state index in [9.17, 15) is 25.0 Å². The molecule has 0 unspecified atom stereocenters. The van der Waals surface area contributed by atoms with Crippen molar-refractivity contribution in [3.63, 3.8) is 0 Å². The molecule has 11 nitrogen and oxygen atoms in total. The van der Waals surface area contributed by atoms with Gasteiger partial charge in [-0.2, -0.15) is 5.26 Å². The number of hydrazine groups is 1. The summed E-state index contributed by atoms with van der Waals surface area (Å²) in [5.74, 6) is -0.718. The van der Waals surface area contributed by atoms with Gasteiger partial charge in [-0.1, -0.05) is 0 Å². The second-order valence-corrected chi connectivity index (χ2v) is 4.21. The van der Waals surface area contributed by atoms with Gasteiger partial charge in [-0.25, -0.2) is 0 Å². The maximum Gasteiger partial charge on any atom is 0.303 e. The topological polar surface area (TPSA) is 164 Å². The van der Waals surface area contributed by atoms with Crippen LogP contribution in [0.4, 0.5) is 17.1 Å². The molecule has 0 saturated heterocycles. The van der Waals surface area contributed by atoms with Crippen LogP contribution in [0.2, 0.25) is 0 Å². The molecule has 2 N–H and O–H groups in total. The van der Waals surface area contributed by atoms with Crippen LogP contribution in [-0.2, 0) is 4.79 Å². The smallest absolute Gasteiger partial charge is 0.290 e. The fourth-order valence-corrected chi connectivity index (χ4v) is 1.88. The first-order chi connectivity index (χ1) is 11.0. The first-order valence-electron chi connectivity index (χ1n) is 6.08. The van der Waals surface area contributed by atoms with Crippen LogP contribution in [0.5, 0.6) is 0 Å². The van der Waals surface area contributed by atoms with E-state index >= 15 is 0 Å². The molecule has 0 fully saturated rings. The van der Waals surface area contributed by atoms with Crippen LogP contribution >= 0.6 is 0 Å². The molecule has 1 aromatic heterocycles. The van der Waals surface area contributed by atoms with Crippen LogP contribution in [0.25, 0.3) is 10.9 Å². The average Bonchev–Trinajstić information content (AvgIpc) is 2.51. The predicted molar refractivity (Wildman–Crippen MR) is 77.0 cm³/mol. The molecule has 0 spiro atoms. The number of benzene rings is 1. The van der Waals surface area contributed by atoms with Crippen molar-refractivity contribution in [2.75, 3.05) is 5.43 Å². The minimum atomic E-state index is -0.833. The molecule has 116 valence electrons. The largest absolute Gasteiger partial charge is 0.303 e. The third-order valence-corrected chi connectivity index (χ3v) is 2.81. The fourth-order valence-electron chi connectivity index (χ4n) is 1.88. The number of amides is 1. The molecule has 0 radical (unpaired) electrons. The first kappa shape index (κ1) is 15.6. The number of nitriles is 1. The van der Waals surface area contributed by atoms with Gasteiger partial charge in [0.05, 0.1) is 27.4 Å². The van der Waals surface area contributed by atoms with Gasteiger partial charge in [0.1, 0.15) is 11.9 Å². The van der Waals surface area contributed by atoms with Crippen molar-refractivity contribution in [1.82, 2.24) is 10.4 Å². The zero-order chi connectivity index (χ0) is 17.0. The molecule has 0 bridgehead atoms. The number of nitro benzene ring substituents is 2. The zero-order valence-corrected chi connectivity index (χ0v) is 11.3. The van der Waals surface area contributed by atoms with Gasteiger partial charge >= 0.3 is 5.69 Å². The van der Waals surface area contributed by atoms with E-state index in [0.29, 0.717) is 0 Å². The molecule has 1 heterocycles. The Hall–Kier alpha value is -3.81. The number of carbonyl (C=O) groups excluding carboxylic acids is 1. The van der Waals surface area contributed by atoms with E-state index < -0.39 is 33.5 Å². The number of pyridine rings is 1. The fraction of sp³-hybridized carbons (Fsp3) is 0.0833. The molecule has 0 atom stereocenters. The van der Waals surface area contributed by atoms with Crippen LogP contribution in [0.15, 0.2) is 24.4 Å². The molecule has 2 rings (SSSR count). The predicted octanol–water partition coefficient (Wildman–Crippen LogP) is 1.41. The highest BCUT2D eigenvalue weighted by molar-refractivity contribution is 6.01. The Kier molecular flexibility index (Phi) is 4.27. The lowest BCUT2D eigenvalue weighted by atomic mass is 10.1. The summed E-state index contributed by atoms with van der Waals surface area (Å²) in [6.07, 6.45) is 0.844. The number of hydrogen-bond donors (Lipinski definition) is 2. The quantitative estimate of drug-likeness (QED) is 0.617. The SMILES string of the molecule is N#CCC(=O)NNc1c([N+](=O)[O-])cc([N+](=O)[O-])c2cccnc12. The number of fused-ring (bicyclic) bond motifs is 1. The summed E-state index contributed by atoms with van der Waals surface area (Å²) in [5, 5.41) is 30.7. The number of nitrogens with one attached hydrogen (secondary N) is 2. The lowest BCUT2D eigenvalue weighted by molar-refractivity contribution is -0.392. The summed E-state index contributed by atoms with van der Waals surface area (Å²) >= 11 is 0. The van der Waals surface area contributed by atoms with Gasteiger partial charge in [-0.15, -0.1) is 0 Å². The Balaban J connectivity index is 2.62. The van der Waals surface area contributed by atoms with E-state index in [-0.39, 0.29) is 16.6 Å². The number of rotatable bonds is 5. The molecule has 1 aromatic carbocycles. The molecular weight excluding hydrogens is 308 g/mol.